The average molecular weight is 461 g/mol. The number of fused-ring (bicyclic) bond motifs is 1. The zero-order valence-electron chi connectivity index (χ0n) is 19.0. The van der Waals surface area contributed by atoms with E-state index in [2.05, 4.69) is 19.8 Å². The maximum absolute atomic E-state index is 13.3. The molecule has 1 fully saturated rings. The van der Waals surface area contributed by atoms with Gasteiger partial charge in [-0.25, -0.2) is 14.4 Å². The molecule has 34 heavy (non-hydrogen) atoms. The first-order valence-electron chi connectivity index (χ1n) is 11.0. The number of ether oxygens (including phenoxy) is 2. The summed E-state index contributed by atoms with van der Waals surface area (Å²) in [6.07, 6.45) is 0. The van der Waals surface area contributed by atoms with Crippen LogP contribution in [0.5, 0.6) is 11.5 Å². The van der Waals surface area contributed by atoms with Gasteiger partial charge in [0.1, 0.15) is 11.3 Å². The lowest BCUT2D eigenvalue weighted by Crippen LogP contribution is -2.47. The highest BCUT2D eigenvalue weighted by molar-refractivity contribution is 5.89. The van der Waals surface area contributed by atoms with Gasteiger partial charge < -0.3 is 25.0 Å². The number of aromatic nitrogens is 3. The number of halogens is 1. The summed E-state index contributed by atoms with van der Waals surface area (Å²) in [5.74, 6) is 1.98. The fourth-order valence-electron chi connectivity index (χ4n) is 4.22. The molecular weight excluding hydrogens is 435 g/mol. The van der Waals surface area contributed by atoms with Gasteiger partial charge in [0.05, 0.1) is 25.4 Å². The minimum Gasteiger partial charge on any atom is -0.493 e. The van der Waals surface area contributed by atoms with Crippen molar-refractivity contribution in [3.63, 3.8) is 0 Å². The van der Waals surface area contributed by atoms with Crippen LogP contribution in [0.2, 0.25) is 0 Å². The Morgan fingerprint density at radius 3 is 2.21 bits per heavy atom. The molecule has 0 unspecified atom stereocenters. The van der Waals surface area contributed by atoms with Gasteiger partial charge in [0, 0.05) is 37.4 Å². The predicted octanol–water partition coefficient (Wildman–Crippen LogP) is 3.76. The molecule has 0 spiro atoms. The van der Waals surface area contributed by atoms with E-state index in [0.717, 1.165) is 43.1 Å². The summed E-state index contributed by atoms with van der Waals surface area (Å²) in [7, 11) is 3.21. The first-order valence-corrected chi connectivity index (χ1v) is 11.0. The van der Waals surface area contributed by atoms with E-state index in [4.69, 9.17) is 20.2 Å². The van der Waals surface area contributed by atoms with Crippen molar-refractivity contribution in [2.75, 3.05) is 55.9 Å². The van der Waals surface area contributed by atoms with Gasteiger partial charge >= 0.3 is 0 Å². The minimum atomic E-state index is -0.235. The Bertz CT molecular complexity index is 1320. The molecule has 1 aliphatic heterocycles. The van der Waals surface area contributed by atoms with E-state index in [1.807, 2.05) is 30.3 Å². The quantitative estimate of drug-likeness (QED) is 0.482. The smallest absolute Gasteiger partial charge is 0.222 e. The molecule has 5 rings (SSSR count). The first-order chi connectivity index (χ1) is 16.6. The Balaban J connectivity index is 1.46. The van der Waals surface area contributed by atoms with Crippen LogP contribution in [0.3, 0.4) is 0 Å². The molecule has 1 saturated heterocycles. The SMILES string of the molecule is COc1ccc(-c2ccc3nc(N)nc(N4CCN(c5ccc(F)cc5)CC4)c3n2)cc1OC. The average Bonchev–Trinajstić information content (AvgIpc) is 2.88. The second-order valence-corrected chi connectivity index (χ2v) is 7.99. The third-order valence-corrected chi connectivity index (χ3v) is 5.99. The molecule has 174 valence electrons. The van der Waals surface area contributed by atoms with Gasteiger partial charge in [-0.15, -0.1) is 0 Å². The Morgan fingerprint density at radius 2 is 1.50 bits per heavy atom. The van der Waals surface area contributed by atoms with Crippen LogP contribution in [0.15, 0.2) is 54.6 Å². The van der Waals surface area contributed by atoms with Crippen LogP contribution in [-0.2, 0) is 0 Å². The summed E-state index contributed by atoms with van der Waals surface area (Å²) in [4.78, 5) is 18.2. The molecule has 0 amide bonds. The minimum absolute atomic E-state index is 0.212. The van der Waals surface area contributed by atoms with Crippen LogP contribution < -0.4 is 25.0 Å². The van der Waals surface area contributed by atoms with Gasteiger partial charge in [-0.2, -0.15) is 4.98 Å². The van der Waals surface area contributed by atoms with E-state index in [-0.39, 0.29) is 11.8 Å². The van der Waals surface area contributed by atoms with Gasteiger partial charge in [0.25, 0.3) is 0 Å². The van der Waals surface area contributed by atoms with E-state index >= 15 is 0 Å². The highest BCUT2D eigenvalue weighted by Gasteiger charge is 2.22. The molecule has 2 N–H and O–H groups in total. The van der Waals surface area contributed by atoms with Crippen molar-refractivity contribution < 1.29 is 13.9 Å². The van der Waals surface area contributed by atoms with E-state index in [9.17, 15) is 4.39 Å². The molecule has 0 aliphatic carbocycles. The van der Waals surface area contributed by atoms with Gasteiger partial charge in [-0.1, -0.05) is 0 Å². The fraction of sp³-hybridized carbons (Fsp3) is 0.240. The summed E-state index contributed by atoms with van der Waals surface area (Å²) in [5.41, 5.74) is 10.1. The Morgan fingerprint density at radius 1 is 0.794 bits per heavy atom. The van der Waals surface area contributed by atoms with Crippen molar-refractivity contribution in [2.45, 2.75) is 0 Å². The largest absolute Gasteiger partial charge is 0.493 e. The summed E-state index contributed by atoms with van der Waals surface area (Å²) >= 11 is 0. The number of benzene rings is 2. The van der Waals surface area contributed by atoms with E-state index in [1.165, 1.54) is 12.1 Å². The monoisotopic (exact) mass is 460 g/mol. The van der Waals surface area contributed by atoms with Crippen molar-refractivity contribution in [2.24, 2.45) is 0 Å². The number of nitrogens with two attached hydrogens (primary N) is 1. The Labute approximate surface area is 196 Å². The van der Waals surface area contributed by atoms with Crippen LogP contribution in [0.4, 0.5) is 21.8 Å². The molecule has 0 radical (unpaired) electrons. The number of anilines is 3. The first kappa shape index (κ1) is 21.7. The topological polar surface area (TPSA) is 89.6 Å². The van der Waals surface area contributed by atoms with Crippen LogP contribution in [0.1, 0.15) is 0 Å². The number of hydrogen-bond acceptors (Lipinski definition) is 8. The highest BCUT2D eigenvalue weighted by atomic mass is 19.1. The Hall–Kier alpha value is -4.14. The lowest BCUT2D eigenvalue weighted by atomic mass is 10.1. The van der Waals surface area contributed by atoms with E-state index in [0.29, 0.717) is 28.4 Å². The second-order valence-electron chi connectivity index (χ2n) is 7.99. The molecule has 0 saturated carbocycles. The standard InChI is InChI=1S/C25H25FN6O2/c1-33-21-10-3-16(15-22(21)34-2)19-8-9-20-23(28-19)24(30-25(27)29-20)32-13-11-31(12-14-32)18-6-4-17(26)5-7-18/h3-10,15H,11-14H2,1-2H3,(H2,27,29,30). The predicted molar refractivity (Wildman–Crippen MR) is 131 cm³/mol. The summed E-state index contributed by atoms with van der Waals surface area (Å²) in [6.45, 7) is 3.00. The number of nitrogens with zero attached hydrogens (tertiary/aromatic N) is 5. The molecule has 0 bridgehead atoms. The van der Waals surface area contributed by atoms with Gasteiger partial charge in [0.2, 0.25) is 5.95 Å². The van der Waals surface area contributed by atoms with Crippen LogP contribution in [-0.4, -0.2) is 55.4 Å². The molecule has 2 aromatic carbocycles. The van der Waals surface area contributed by atoms with Crippen molar-refractivity contribution in [1.82, 2.24) is 15.0 Å². The second kappa shape index (κ2) is 9.01. The number of pyridine rings is 1. The van der Waals surface area contributed by atoms with Gasteiger partial charge in [-0.3, -0.25) is 0 Å². The summed E-state index contributed by atoms with van der Waals surface area (Å²) in [6, 6.07) is 16.1. The van der Waals surface area contributed by atoms with Crippen molar-refractivity contribution >= 4 is 28.5 Å². The molecule has 2 aromatic heterocycles. The fourth-order valence-corrected chi connectivity index (χ4v) is 4.22. The highest BCUT2D eigenvalue weighted by Crippen LogP contribution is 2.33. The van der Waals surface area contributed by atoms with Crippen molar-refractivity contribution in [3.05, 3.63) is 60.4 Å². The van der Waals surface area contributed by atoms with E-state index < -0.39 is 0 Å². The van der Waals surface area contributed by atoms with Crippen molar-refractivity contribution in [3.8, 4) is 22.8 Å². The summed E-state index contributed by atoms with van der Waals surface area (Å²) in [5, 5.41) is 0. The lowest BCUT2D eigenvalue weighted by molar-refractivity contribution is 0.355. The number of methoxy groups -OCH3 is 2. The molecule has 8 nitrogen and oxygen atoms in total. The van der Waals surface area contributed by atoms with Crippen molar-refractivity contribution in [1.29, 1.82) is 0 Å². The van der Waals surface area contributed by atoms with Crippen LogP contribution in [0.25, 0.3) is 22.3 Å². The van der Waals surface area contributed by atoms with Gasteiger partial charge in [-0.05, 0) is 54.6 Å². The van der Waals surface area contributed by atoms with E-state index in [1.54, 1.807) is 26.4 Å². The number of hydrogen-bond donors (Lipinski definition) is 1. The molecular formula is C25H25FN6O2. The number of rotatable bonds is 5. The maximum Gasteiger partial charge on any atom is 0.222 e. The molecule has 4 aromatic rings. The molecule has 0 atom stereocenters. The molecule has 1 aliphatic rings. The lowest BCUT2D eigenvalue weighted by Gasteiger charge is -2.37. The zero-order chi connectivity index (χ0) is 23.7. The molecule has 3 heterocycles. The normalized spacial score (nSPS) is 13.9. The third-order valence-electron chi connectivity index (χ3n) is 5.99. The maximum atomic E-state index is 13.3. The number of piperazine rings is 1. The van der Waals surface area contributed by atoms with Crippen LogP contribution >= 0.6 is 0 Å². The van der Waals surface area contributed by atoms with Gasteiger partial charge in [0.15, 0.2) is 17.3 Å². The summed E-state index contributed by atoms with van der Waals surface area (Å²) < 4.78 is 24.1. The zero-order valence-corrected chi connectivity index (χ0v) is 19.0. The van der Waals surface area contributed by atoms with Crippen LogP contribution in [0, 0.1) is 5.82 Å². The number of nitrogen functional groups attached to an aromatic ring is 1. The Kier molecular flexibility index (Phi) is 5.75. The molecule has 9 heteroatoms. The third kappa shape index (κ3) is 4.12.